The number of hydrogen-bond acceptors (Lipinski definition) is 5. The molecule has 0 spiro atoms. The Morgan fingerprint density at radius 2 is 1.93 bits per heavy atom. The summed E-state index contributed by atoms with van der Waals surface area (Å²) in [6, 6.07) is 13.2. The summed E-state index contributed by atoms with van der Waals surface area (Å²) in [5, 5.41) is 9.24. The minimum atomic E-state index is 0.343. The van der Waals surface area contributed by atoms with E-state index in [1.165, 1.54) is 0 Å². The van der Waals surface area contributed by atoms with Gasteiger partial charge in [-0.15, -0.1) is 5.10 Å². The minimum Gasteiger partial charge on any atom is -0.350 e. The Kier molecular flexibility index (Phi) is 3.98. The molecule has 1 saturated carbocycles. The molecule has 0 unspecified atom stereocenters. The fourth-order valence-electron chi connectivity index (χ4n) is 3.90. The average Bonchev–Trinajstić information content (AvgIpc) is 3.12. The van der Waals surface area contributed by atoms with E-state index in [9.17, 15) is 0 Å². The summed E-state index contributed by atoms with van der Waals surface area (Å²) < 4.78 is 1.90. The summed E-state index contributed by atoms with van der Waals surface area (Å²) in [5.41, 5.74) is 10.2. The highest BCUT2D eigenvalue weighted by Gasteiger charge is 2.19. The molecule has 0 radical (unpaired) electrons. The molecule has 3 aromatic heterocycles. The van der Waals surface area contributed by atoms with E-state index in [4.69, 9.17) is 5.73 Å². The van der Waals surface area contributed by atoms with Gasteiger partial charge in [-0.25, -0.2) is 9.50 Å². The van der Waals surface area contributed by atoms with E-state index >= 15 is 0 Å². The monoisotopic (exact) mass is 358 g/mol. The predicted octanol–water partition coefficient (Wildman–Crippen LogP) is 3.63. The molecule has 27 heavy (non-hydrogen) atoms. The number of hydrogen-bond donors (Lipinski definition) is 2. The van der Waals surface area contributed by atoms with Gasteiger partial charge < -0.3 is 11.1 Å². The molecule has 3 heterocycles. The molecule has 1 aliphatic rings. The van der Waals surface area contributed by atoms with Crippen LogP contribution < -0.4 is 11.1 Å². The number of aromatic nitrogens is 4. The lowest BCUT2D eigenvalue weighted by Gasteiger charge is -2.26. The van der Waals surface area contributed by atoms with Crippen LogP contribution in [0.1, 0.15) is 25.7 Å². The number of fused-ring (bicyclic) bond motifs is 2. The van der Waals surface area contributed by atoms with Gasteiger partial charge in [0.1, 0.15) is 0 Å². The largest absolute Gasteiger partial charge is 0.350 e. The van der Waals surface area contributed by atoms with Crippen molar-refractivity contribution in [2.24, 2.45) is 5.73 Å². The highest BCUT2D eigenvalue weighted by Crippen LogP contribution is 2.28. The zero-order chi connectivity index (χ0) is 18.2. The van der Waals surface area contributed by atoms with Crippen molar-refractivity contribution in [3.8, 4) is 11.1 Å². The van der Waals surface area contributed by atoms with E-state index in [-0.39, 0.29) is 0 Å². The third-order valence-electron chi connectivity index (χ3n) is 5.44. The van der Waals surface area contributed by atoms with E-state index in [1.807, 2.05) is 29.2 Å². The fourth-order valence-corrected chi connectivity index (χ4v) is 3.90. The number of nitrogens with two attached hydrogens (primary N) is 1. The standard InChI is InChI=1S/C21H22N6/c22-16-4-6-17(7-5-16)25-21-24-13-20-18(9-11-27(20)26-21)14-3-8-19-15(12-14)2-1-10-23-19/h1-3,8-13,16-17H,4-7,22H2,(H,25,26). The molecule has 4 aromatic rings. The first-order chi connectivity index (χ1) is 13.3. The number of nitrogens with zero attached hydrogens (tertiary/aromatic N) is 4. The third kappa shape index (κ3) is 3.13. The summed E-state index contributed by atoms with van der Waals surface area (Å²) in [7, 11) is 0. The van der Waals surface area contributed by atoms with Gasteiger partial charge in [-0.05, 0) is 55.5 Å². The molecular formula is C21H22N6. The van der Waals surface area contributed by atoms with Gasteiger partial charge in [-0.1, -0.05) is 12.1 Å². The molecule has 6 heteroatoms. The molecule has 6 nitrogen and oxygen atoms in total. The molecule has 3 N–H and O–H groups in total. The van der Waals surface area contributed by atoms with Crippen molar-refractivity contribution in [3.63, 3.8) is 0 Å². The number of benzene rings is 1. The molecular weight excluding hydrogens is 336 g/mol. The van der Waals surface area contributed by atoms with Crippen molar-refractivity contribution in [2.45, 2.75) is 37.8 Å². The highest BCUT2D eigenvalue weighted by atomic mass is 15.3. The second kappa shape index (κ2) is 6.63. The van der Waals surface area contributed by atoms with Crippen LogP contribution >= 0.6 is 0 Å². The van der Waals surface area contributed by atoms with E-state index < -0.39 is 0 Å². The predicted molar refractivity (Wildman–Crippen MR) is 108 cm³/mol. The first-order valence-electron chi connectivity index (χ1n) is 9.48. The lowest BCUT2D eigenvalue weighted by Crippen LogP contribution is -2.33. The summed E-state index contributed by atoms with van der Waals surface area (Å²) in [4.78, 5) is 8.95. The third-order valence-corrected chi connectivity index (χ3v) is 5.44. The SMILES string of the molecule is NC1CCC(Nc2ncc3c(-c4ccc5ncccc5c4)ccn3n2)CC1. The Morgan fingerprint density at radius 1 is 1.04 bits per heavy atom. The second-order valence-corrected chi connectivity index (χ2v) is 7.31. The van der Waals surface area contributed by atoms with Crippen LogP contribution in [0.5, 0.6) is 0 Å². The minimum absolute atomic E-state index is 0.343. The van der Waals surface area contributed by atoms with Gasteiger partial charge in [0.15, 0.2) is 0 Å². The van der Waals surface area contributed by atoms with Gasteiger partial charge in [-0.2, -0.15) is 0 Å². The maximum absolute atomic E-state index is 5.99. The molecule has 0 saturated heterocycles. The molecule has 0 aliphatic heterocycles. The molecule has 1 fully saturated rings. The van der Waals surface area contributed by atoms with E-state index in [0.717, 1.165) is 53.2 Å². The summed E-state index contributed by atoms with van der Waals surface area (Å²) >= 11 is 0. The van der Waals surface area contributed by atoms with Gasteiger partial charge in [0.05, 0.1) is 17.2 Å². The number of nitrogens with one attached hydrogen (secondary N) is 1. The smallest absolute Gasteiger partial charge is 0.241 e. The Bertz CT molecular complexity index is 1090. The summed E-state index contributed by atoms with van der Waals surface area (Å²) in [6.45, 7) is 0. The molecule has 1 aromatic carbocycles. The Labute approximate surface area is 157 Å². The molecule has 5 rings (SSSR count). The van der Waals surface area contributed by atoms with Crippen molar-refractivity contribution in [3.05, 3.63) is 55.0 Å². The van der Waals surface area contributed by atoms with Crippen LogP contribution in [0.25, 0.3) is 27.5 Å². The summed E-state index contributed by atoms with van der Waals surface area (Å²) in [5.74, 6) is 0.674. The quantitative estimate of drug-likeness (QED) is 0.584. The number of rotatable bonds is 3. The number of anilines is 1. The first kappa shape index (κ1) is 16.2. The second-order valence-electron chi connectivity index (χ2n) is 7.31. The van der Waals surface area contributed by atoms with Crippen LogP contribution in [-0.4, -0.2) is 31.7 Å². The molecule has 0 atom stereocenters. The van der Waals surface area contributed by atoms with Gasteiger partial charge in [0, 0.05) is 35.4 Å². The van der Waals surface area contributed by atoms with Crippen molar-refractivity contribution in [1.82, 2.24) is 19.6 Å². The van der Waals surface area contributed by atoms with Gasteiger partial charge >= 0.3 is 0 Å². The Hall–Kier alpha value is -2.99. The van der Waals surface area contributed by atoms with Crippen LogP contribution in [0.3, 0.4) is 0 Å². The normalized spacial score (nSPS) is 20.2. The van der Waals surface area contributed by atoms with E-state index in [1.54, 1.807) is 0 Å². The lowest BCUT2D eigenvalue weighted by atomic mass is 9.92. The van der Waals surface area contributed by atoms with E-state index in [0.29, 0.717) is 18.0 Å². The zero-order valence-electron chi connectivity index (χ0n) is 15.0. The maximum atomic E-state index is 5.99. The van der Waals surface area contributed by atoms with Crippen molar-refractivity contribution in [1.29, 1.82) is 0 Å². The van der Waals surface area contributed by atoms with E-state index in [2.05, 4.69) is 50.7 Å². The number of pyridine rings is 1. The fraction of sp³-hybridized carbons (Fsp3) is 0.286. The Morgan fingerprint density at radius 3 is 2.81 bits per heavy atom. The summed E-state index contributed by atoms with van der Waals surface area (Å²) in [6.07, 6.45) is 9.97. The lowest BCUT2D eigenvalue weighted by molar-refractivity contribution is 0.409. The maximum Gasteiger partial charge on any atom is 0.241 e. The van der Waals surface area contributed by atoms with Gasteiger partial charge in [0.25, 0.3) is 0 Å². The average molecular weight is 358 g/mol. The van der Waals surface area contributed by atoms with Crippen LogP contribution in [0.15, 0.2) is 55.0 Å². The van der Waals surface area contributed by atoms with Gasteiger partial charge in [-0.3, -0.25) is 4.98 Å². The van der Waals surface area contributed by atoms with Crippen molar-refractivity contribution in [2.75, 3.05) is 5.32 Å². The first-order valence-corrected chi connectivity index (χ1v) is 9.48. The molecule has 0 bridgehead atoms. The van der Waals surface area contributed by atoms with Crippen LogP contribution in [0, 0.1) is 0 Å². The van der Waals surface area contributed by atoms with Crippen LogP contribution in [-0.2, 0) is 0 Å². The molecule has 136 valence electrons. The van der Waals surface area contributed by atoms with Crippen molar-refractivity contribution < 1.29 is 0 Å². The molecule has 0 amide bonds. The van der Waals surface area contributed by atoms with Gasteiger partial charge in [0.2, 0.25) is 5.95 Å². The van der Waals surface area contributed by atoms with Crippen LogP contribution in [0.2, 0.25) is 0 Å². The Balaban J connectivity index is 1.44. The highest BCUT2D eigenvalue weighted by molar-refractivity contribution is 5.88. The zero-order valence-corrected chi connectivity index (χ0v) is 15.0. The van der Waals surface area contributed by atoms with Crippen LogP contribution in [0.4, 0.5) is 5.95 Å². The molecule has 1 aliphatic carbocycles. The topological polar surface area (TPSA) is 81.1 Å². The van der Waals surface area contributed by atoms with Crippen molar-refractivity contribution >= 4 is 22.4 Å².